The third-order valence-electron chi connectivity index (χ3n) is 3.90. The number of rotatable bonds is 8. The third-order valence-corrected chi connectivity index (χ3v) is 3.90. The van der Waals surface area contributed by atoms with Crippen LogP contribution in [0.1, 0.15) is 45.6 Å². The van der Waals surface area contributed by atoms with Gasteiger partial charge in [-0.3, -0.25) is 4.90 Å². The normalized spacial score (nSPS) is 13.2. The van der Waals surface area contributed by atoms with E-state index in [0.29, 0.717) is 25.8 Å². The van der Waals surface area contributed by atoms with E-state index < -0.39 is 17.6 Å². The highest BCUT2D eigenvalue weighted by Gasteiger charge is 2.44. The van der Waals surface area contributed by atoms with Gasteiger partial charge in [-0.05, 0) is 25.3 Å². The topological polar surface area (TPSA) is 66.8 Å². The number of likely N-dealkylation sites (N-methyl/N-ethyl adjacent to an activating group) is 1. The Bertz CT molecular complexity index is 489. The van der Waals surface area contributed by atoms with Crippen molar-refractivity contribution in [1.29, 1.82) is 0 Å². The number of nitrogens with zero attached hydrogens (tertiary/aromatic N) is 1. The molecule has 5 nitrogen and oxygen atoms in total. The molecule has 5 heteroatoms. The van der Waals surface area contributed by atoms with Crippen molar-refractivity contribution in [2.75, 3.05) is 6.54 Å². The van der Waals surface area contributed by atoms with Crippen molar-refractivity contribution >= 4 is 12.1 Å². The van der Waals surface area contributed by atoms with E-state index in [4.69, 9.17) is 4.74 Å². The minimum Gasteiger partial charge on any atom is -0.479 e. The molecule has 0 aliphatic heterocycles. The SMILES string of the molecule is CCCC(CC)(C(=O)O)N(CC)C(=O)OCc1ccccc1. The zero-order valence-corrected chi connectivity index (χ0v) is 13.5. The maximum atomic E-state index is 12.4. The molecule has 0 aromatic heterocycles. The lowest BCUT2D eigenvalue weighted by Gasteiger charge is -2.38. The Kier molecular flexibility index (Phi) is 6.89. The molecule has 1 aromatic rings. The quantitative estimate of drug-likeness (QED) is 0.795. The summed E-state index contributed by atoms with van der Waals surface area (Å²) < 4.78 is 5.31. The maximum absolute atomic E-state index is 12.4. The summed E-state index contributed by atoms with van der Waals surface area (Å²) in [5, 5.41) is 9.64. The largest absolute Gasteiger partial charge is 0.479 e. The van der Waals surface area contributed by atoms with Gasteiger partial charge in [0.1, 0.15) is 12.1 Å². The van der Waals surface area contributed by atoms with Gasteiger partial charge in [-0.2, -0.15) is 0 Å². The average Bonchev–Trinajstić information content (AvgIpc) is 2.53. The fourth-order valence-corrected chi connectivity index (χ4v) is 2.69. The van der Waals surface area contributed by atoms with E-state index in [0.717, 1.165) is 5.56 Å². The summed E-state index contributed by atoms with van der Waals surface area (Å²) in [7, 11) is 0. The van der Waals surface area contributed by atoms with E-state index >= 15 is 0 Å². The average molecular weight is 307 g/mol. The number of amides is 1. The fraction of sp³-hybridized carbons (Fsp3) is 0.529. The molecule has 0 aliphatic carbocycles. The maximum Gasteiger partial charge on any atom is 0.411 e. The molecule has 0 heterocycles. The van der Waals surface area contributed by atoms with E-state index in [1.54, 1.807) is 13.8 Å². The first-order valence-electron chi connectivity index (χ1n) is 7.73. The first-order chi connectivity index (χ1) is 10.5. The van der Waals surface area contributed by atoms with Crippen LogP contribution < -0.4 is 0 Å². The minimum absolute atomic E-state index is 0.141. The number of carbonyl (C=O) groups excluding carboxylic acids is 1. The molecule has 1 aromatic carbocycles. The molecule has 0 saturated carbocycles. The molecule has 0 fully saturated rings. The first-order valence-corrected chi connectivity index (χ1v) is 7.73. The predicted octanol–water partition coefficient (Wildman–Crippen LogP) is 3.68. The van der Waals surface area contributed by atoms with Crippen LogP contribution in [0.5, 0.6) is 0 Å². The van der Waals surface area contributed by atoms with Crippen LogP contribution in [0.15, 0.2) is 30.3 Å². The Morgan fingerprint density at radius 2 is 1.82 bits per heavy atom. The van der Waals surface area contributed by atoms with Crippen LogP contribution in [0.4, 0.5) is 4.79 Å². The van der Waals surface area contributed by atoms with Gasteiger partial charge in [0.15, 0.2) is 0 Å². The zero-order chi connectivity index (χ0) is 16.6. The van der Waals surface area contributed by atoms with Crippen LogP contribution in [-0.2, 0) is 16.1 Å². The Labute approximate surface area is 131 Å². The van der Waals surface area contributed by atoms with Crippen molar-refractivity contribution in [3.8, 4) is 0 Å². The molecular formula is C17H25NO4. The lowest BCUT2D eigenvalue weighted by atomic mass is 9.89. The van der Waals surface area contributed by atoms with Gasteiger partial charge in [-0.15, -0.1) is 0 Å². The highest BCUT2D eigenvalue weighted by molar-refractivity contribution is 5.84. The number of aliphatic carboxylic acids is 1. The summed E-state index contributed by atoms with van der Waals surface area (Å²) in [6.45, 7) is 5.91. The van der Waals surface area contributed by atoms with Crippen molar-refractivity contribution in [2.45, 2.75) is 52.2 Å². The molecule has 1 atom stereocenters. The molecule has 0 bridgehead atoms. The summed E-state index contributed by atoms with van der Waals surface area (Å²) >= 11 is 0. The van der Waals surface area contributed by atoms with Gasteiger partial charge in [-0.1, -0.05) is 50.6 Å². The summed E-state index contributed by atoms with van der Waals surface area (Å²) in [6.07, 6.45) is 0.865. The second kappa shape index (κ2) is 8.41. The van der Waals surface area contributed by atoms with Crippen molar-refractivity contribution in [3.63, 3.8) is 0 Å². The van der Waals surface area contributed by atoms with Gasteiger partial charge in [0.25, 0.3) is 0 Å². The lowest BCUT2D eigenvalue weighted by Crippen LogP contribution is -2.56. The Balaban J connectivity index is 2.87. The summed E-state index contributed by atoms with van der Waals surface area (Å²) in [5.74, 6) is -0.977. The van der Waals surface area contributed by atoms with E-state index in [-0.39, 0.29) is 6.61 Å². The standard InChI is InChI=1S/C17H25NO4/c1-4-12-17(5-2,15(19)20)18(6-3)16(21)22-13-14-10-8-7-9-11-14/h7-11H,4-6,12-13H2,1-3H3,(H,19,20). The van der Waals surface area contributed by atoms with Crippen molar-refractivity contribution in [3.05, 3.63) is 35.9 Å². The van der Waals surface area contributed by atoms with Gasteiger partial charge in [0.2, 0.25) is 0 Å². The highest BCUT2D eigenvalue weighted by atomic mass is 16.6. The molecule has 0 radical (unpaired) electrons. The van der Waals surface area contributed by atoms with Crippen molar-refractivity contribution in [2.24, 2.45) is 0 Å². The molecule has 22 heavy (non-hydrogen) atoms. The zero-order valence-electron chi connectivity index (χ0n) is 13.5. The van der Waals surface area contributed by atoms with Gasteiger partial charge in [-0.25, -0.2) is 9.59 Å². The molecule has 1 unspecified atom stereocenters. The van der Waals surface area contributed by atoms with Gasteiger partial charge in [0.05, 0.1) is 0 Å². The van der Waals surface area contributed by atoms with Crippen LogP contribution in [0.25, 0.3) is 0 Å². The predicted molar refractivity (Wildman–Crippen MR) is 84.6 cm³/mol. The molecule has 1 N–H and O–H groups in total. The molecule has 1 rings (SSSR count). The minimum atomic E-state index is -1.20. The van der Waals surface area contributed by atoms with Gasteiger partial charge < -0.3 is 9.84 Å². The van der Waals surface area contributed by atoms with E-state index in [1.165, 1.54) is 4.90 Å². The summed E-state index contributed by atoms with van der Waals surface area (Å²) in [5.41, 5.74) is -0.322. The van der Waals surface area contributed by atoms with E-state index in [1.807, 2.05) is 37.3 Å². The van der Waals surface area contributed by atoms with E-state index in [2.05, 4.69) is 0 Å². The monoisotopic (exact) mass is 307 g/mol. The Hall–Kier alpha value is -2.04. The van der Waals surface area contributed by atoms with E-state index in [9.17, 15) is 14.7 Å². The second-order valence-corrected chi connectivity index (χ2v) is 5.22. The third kappa shape index (κ3) is 4.00. The van der Waals surface area contributed by atoms with Gasteiger partial charge >= 0.3 is 12.1 Å². The van der Waals surface area contributed by atoms with Crippen LogP contribution in [0.3, 0.4) is 0 Å². The Morgan fingerprint density at radius 1 is 1.18 bits per heavy atom. The number of carboxylic acid groups (broad SMARTS) is 1. The summed E-state index contributed by atoms with van der Waals surface area (Å²) in [4.78, 5) is 25.5. The number of carboxylic acids is 1. The smallest absolute Gasteiger partial charge is 0.411 e. The molecule has 0 saturated heterocycles. The lowest BCUT2D eigenvalue weighted by molar-refractivity contribution is -0.151. The highest BCUT2D eigenvalue weighted by Crippen LogP contribution is 2.27. The number of benzene rings is 1. The second-order valence-electron chi connectivity index (χ2n) is 5.22. The number of hydrogen-bond donors (Lipinski definition) is 1. The number of ether oxygens (including phenoxy) is 1. The van der Waals surface area contributed by atoms with Crippen LogP contribution in [-0.4, -0.2) is 34.2 Å². The number of hydrogen-bond acceptors (Lipinski definition) is 3. The summed E-state index contributed by atoms with van der Waals surface area (Å²) in [6, 6.07) is 9.34. The van der Waals surface area contributed by atoms with Crippen LogP contribution >= 0.6 is 0 Å². The molecule has 1 amide bonds. The van der Waals surface area contributed by atoms with Crippen molar-refractivity contribution < 1.29 is 19.4 Å². The Morgan fingerprint density at radius 3 is 2.27 bits per heavy atom. The van der Waals surface area contributed by atoms with Gasteiger partial charge in [0, 0.05) is 6.54 Å². The molecule has 0 spiro atoms. The molecule has 0 aliphatic rings. The van der Waals surface area contributed by atoms with Crippen LogP contribution in [0, 0.1) is 0 Å². The molecular weight excluding hydrogens is 282 g/mol. The van der Waals surface area contributed by atoms with Crippen LogP contribution in [0.2, 0.25) is 0 Å². The molecule has 122 valence electrons. The fourth-order valence-electron chi connectivity index (χ4n) is 2.69. The first kappa shape index (κ1) is 18.0. The number of carbonyl (C=O) groups is 2. The van der Waals surface area contributed by atoms with Crippen molar-refractivity contribution in [1.82, 2.24) is 4.90 Å².